The van der Waals surface area contributed by atoms with Gasteiger partial charge in [-0.15, -0.1) is 13.2 Å². The first-order valence-electron chi connectivity index (χ1n) is 14.4. The SMILES string of the molecule is CCC(Cc1c(OC)c(C(N)=O)cc(OC(F)(F)F)c1N1CCC(C(=O)c2nc3ccccc3[nH]2)CC1)c1ccc(Cl)c(Cl)c1. The minimum absolute atomic E-state index is 0.0611. The number of carbonyl (C=O) groups excluding carboxylic acids is 2. The molecule has 0 aliphatic carbocycles. The van der Waals surface area contributed by atoms with Gasteiger partial charge in [-0.3, -0.25) is 9.59 Å². The molecule has 1 atom stereocenters. The summed E-state index contributed by atoms with van der Waals surface area (Å²) in [6.07, 6.45) is -3.61. The molecule has 0 spiro atoms. The Hall–Kier alpha value is -3.96. The number of ketones is 1. The molecule has 3 N–H and O–H groups in total. The van der Waals surface area contributed by atoms with Crippen molar-refractivity contribution in [2.45, 2.75) is 44.9 Å². The predicted octanol–water partition coefficient (Wildman–Crippen LogP) is 7.71. The van der Waals surface area contributed by atoms with Gasteiger partial charge < -0.3 is 25.1 Å². The van der Waals surface area contributed by atoms with Gasteiger partial charge in [0.25, 0.3) is 5.91 Å². The van der Waals surface area contributed by atoms with Crippen LogP contribution in [0.2, 0.25) is 10.0 Å². The molecule has 0 bridgehead atoms. The van der Waals surface area contributed by atoms with Crippen molar-refractivity contribution in [3.8, 4) is 11.5 Å². The quantitative estimate of drug-likeness (QED) is 0.168. The number of halogens is 5. The third-order valence-corrected chi connectivity index (χ3v) is 8.91. The highest BCUT2D eigenvalue weighted by Gasteiger charge is 2.38. The van der Waals surface area contributed by atoms with Gasteiger partial charge in [0, 0.05) is 24.6 Å². The van der Waals surface area contributed by atoms with Crippen LogP contribution >= 0.6 is 23.2 Å². The number of H-pyrrole nitrogens is 1. The average Bonchev–Trinajstić information content (AvgIpc) is 3.44. The molecule has 45 heavy (non-hydrogen) atoms. The molecule has 3 aromatic carbocycles. The summed E-state index contributed by atoms with van der Waals surface area (Å²) in [5, 5.41) is 0.702. The molecule has 5 rings (SSSR count). The summed E-state index contributed by atoms with van der Waals surface area (Å²) in [6.45, 7) is 2.40. The van der Waals surface area contributed by atoms with Crippen LogP contribution in [0.15, 0.2) is 48.5 Å². The summed E-state index contributed by atoms with van der Waals surface area (Å²) in [5.41, 5.74) is 8.05. The second kappa shape index (κ2) is 13.2. The largest absolute Gasteiger partial charge is 0.573 e. The number of benzene rings is 3. The van der Waals surface area contributed by atoms with Crippen LogP contribution in [0, 0.1) is 5.92 Å². The molecule has 238 valence electrons. The number of fused-ring (bicyclic) bond motifs is 1. The number of piperidine rings is 1. The van der Waals surface area contributed by atoms with Gasteiger partial charge in [0.15, 0.2) is 11.6 Å². The molecular weight excluding hydrogens is 632 g/mol. The van der Waals surface area contributed by atoms with Crippen molar-refractivity contribution in [2.75, 3.05) is 25.1 Å². The minimum atomic E-state index is -5.06. The molecule has 1 aliphatic heterocycles. The lowest BCUT2D eigenvalue weighted by Gasteiger charge is -2.36. The van der Waals surface area contributed by atoms with Crippen LogP contribution in [-0.4, -0.2) is 48.2 Å². The molecule has 8 nitrogen and oxygen atoms in total. The number of rotatable bonds is 10. The smallest absolute Gasteiger partial charge is 0.496 e. The summed E-state index contributed by atoms with van der Waals surface area (Å²) in [7, 11) is 1.33. The predicted molar refractivity (Wildman–Crippen MR) is 167 cm³/mol. The molecule has 1 unspecified atom stereocenters. The first-order chi connectivity index (χ1) is 21.4. The van der Waals surface area contributed by atoms with Crippen LogP contribution in [0.25, 0.3) is 11.0 Å². The molecule has 1 aromatic heterocycles. The van der Waals surface area contributed by atoms with E-state index < -0.39 is 23.9 Å². The van der Waals surface area contributed by atoms with Crippen LogP contribution in [0.1, 0.15) is 64.2 Å². The number of nitrogens with one attached hydrogen (secondary N) is 1. The maximum atomic E-state index is 13.8. The number of anilines is 1. The van der Waals surface area contributed by atoms with Gasteiger partial charge in [0.1, 0.15) is 5.75 Å². The van der Waals surface area contributed by atoms with Crippen molar-refractivity contribution in [1.29, 1.82) is 0 Å². The number of carbonyl (C=O) groups is 2. The summed E-state index contributed by atoms with van der Waals surface area (Å²) >= 11 is 12.4. The Bertz CT molecular complexity index is 1700. The Morgan fingerprint density at radius 1 is 1.11 bits per heavy atom. The van der Waals surface area contributed by atoms with Crippen molar-refractivity contribution in [3.63, 3.8) is 0 Å². The fourth-order valence-electron chi connectivity index (χ4n) is 5.98. The second-order valence-electron chi connectivity index (χ2n) is 10.9. The van der Waals surface area contributed by atoms with Gasteiger partial charge in [-0.05, 0) is 67.5 Å². The van der Waals surface area contributed by atoms with E-state index in [9.17, 15) is 22.8 Å². The minimum Gasteiger partial charge on any atom is -0.496 e. The Morgan fingerprint density at radius 3 is 2.42 bits per heavy atom. The van der Waals surface area contributed by atoms with Gasteiger partial charge in [0.2, 0.25) is 5.78 Å². The molecule has 0 radical (unpaired) electrons. The zero-order valence-corrected chi connectivity index (χ0v) is 26.0. The van der Waals surface area contributed by atoms with Crippen LogP contribution in [0.5, 0.6) is 11.5 Å². The molecule has 1 fully saturated rings. The van der Waals surface area contributed by atoms with Gasteiger partial charge >= 0.3 is 6.36 Å². The fraction of sp³-hybridized carbons (Fsp3) is 0.344. The first kappa shape index (κ1) is 32.4. The van der Waals surface area contributed by atoms with E-state index in [-0.39, 0.29) is 54.0 Å². The summed E-state index contributed by atoms with van der Waals surface area (Å²) in [5.74, 6) is -2.04. The normalized spacial score (nSPS) is 14.9. The number of nitrogens with zero attached hydrogens (tertiary/aromatic N) is 2. The topological polar surface area (TPSA) is 111 Å². The van der Waals surface area contributed by atoms with Gasteiger partial charge in [0.05, 0.1) is 39.4 Å². The van der Waals surface area contributed by atoms with E-state index in [1.165, 1.54) is 7.11 Å². The molecule has 1 amide bonds. The Labute approximate surface area is 267 Å². The molecule has 1 aliphatic rings. The van der Waals surface area contributed by atoms with Crippen molar-refractivity contribution in [1.82, 2.24) is 9.97 Å². The Balaban J connectivity index is 1.54. The van der Waals surface area contributed by atoms with Crippen LogP contribution in [0.3, 0.4) is 0 Å². The summed E-state index contributed by atoms with van der Waals surface area (Å²) < 4.78 is 51.5. The number of primary amides is 1. The van der Waals surface area contributed by atoms with Crippen molar-refractivity contribution >= 4 is 51.6 Å². The highest BCUT2D eigenvalue weighted by atomic mass is 35.5. The lowest BCUT2D eigenvalue weighted by Crippen LogP contribution is -2.38. The third kappa shape index (κ3) is 6.99. The van der Waals surface area contributed by atoms with E-state index in [1.807, 2.05) is 25.1 Å². The monoisotopic (exact) mass is 662 g/mol. The standard InChI is InChI=1S/C32H31Cl2F3N4O4/c1-3-17(19-8-9-22(33)23(34)15-19)14-20-27(26(45-32(35,36)37)16-21(30(38)43)29(20)44-2)41-12-10-18(11-13-41)28(42)31-39-24-6-4-5-7-25(24)40-31/h4-9,15-18H,3,10-14H2,1-2H3,(H2,38,43)(H,39,40). The zero-order valence-electron chi connectivity index (χ0n) is 24.5. The highest BCUT2D eigenvalue weighted by molar-refractivity contribution is 6.42. The lowest BCUT2D eigenvalue weighted by atomic mass is 9.86. The van der Waals surface area contributed by atoms with Gasteiger partial charge in [-0.25, -0.2) is 4.98 Å². The van der Waals surface area contributed by atoms with E-state index in [0.29, 0.717) is 40.4 Å². The molecular formula is C32H31Cl2F3N4O4. The van der Waals surface area contributed by atoms with E-state index in [1.54, 1.807) is 29.2 Å². The molecule has 2 heterocycles. The second-order valence-corrected chi connectivity index (χ2v) is 11.7. The number of imidazole rings is 1. The van der Waals surface area contributed by atoms with Gasteiger partial charge in [-0.2, -0.15) is 0 Å². The maximum absolute atomic E-state index is 13.8. The number of hydrogen-bond acceptors (Lipinski definition) is 6. The molecule has 1 saturated heterocycles. The number of nitrogens with two attached hydrogens (primary N) is 1. The van der Waals surface area contributed by atoms with Crippen molar-refractivity contribution < 1.29 is 32.2 Å². The van der Waals surface area contributed by atoms with E-state index >= 15 is 0 Å². The fourth-order valence-corrected chi connectivity index (χ4v) is 6.28. The van der Waals surface area contributed by atoms with Crippen molar-refractivity contribution in [2.24, 2.45) is 11.7 Å². The summed E-state index contributed by atoms with van der Waals surface area (Å²) in [6, 6.07) is 13.4. The van der Waals surface area contributed by atoms with E-state index in [4.69, 9.17) is 33.7 Å². The Kier molecular flexibility index (Phi) is 9.50. The number of Topliss-reactive ketones (excluding diaryl/α,β-unsaturated/α-hetero) is 1. The Morgan fingerprint density at radius 2 is 1.82 bits per heavy atom. The summed E-state index contributed by atoms with van der Waals surface area (Å²) in [4.78, 5) is 35.1. The van der Waals surface area contributed by atoms with Crippen LogP contribution in [-0.2, 0) is 6.42 Å². The van der Waals surface area contributed by atoms with E-state index in [2.05, 4.69) is 14.7 Å². The number of alkyl halides is 3. The molecule has 0 saturated carbocycles. The first-order valence-corrected chi connectivity index (χ1v) is 15.1. The van der Waals surface area contributed by atoms with Gasteiger partial charge in [-0.1, -0.05) is 48.3 Å². The number of aromatic nitrogens is 2. The zero-order chi connectivity index (χ0) is 32.5. The number of ether oxygens (including phenoxy) is 2. The molecule has 4 aromatic rings. The highest BCUT2D eigenvalue weighted by Crippen LogP contribution is 2.46. The number of methoxy groups -OCH3 is 1. The van der Waals surface area contributed by atoms with Crippen LogP contribution < -0.4 is 20.1 Å². The number of amides is 1. The van der Waals surface area contributed by atoms with E-state index in [0.717, 1.165) is 17.1 Å². The number of hydrogen-bond donors (Lipinski definition) is 2. The number of para-hydroxylation sites is 2. The lowest BCUT2D eigenvalue weighted by molar-refractivity contribution is -0.274. The number of aromatic amines is 1. The van der Waals surface area contributed by atoms with Crippen LogP contribution in [0.4, 0.5) is 18.9 Å². The maximum Gasteiger partial charge on any atom is 0.573 e. The van der Waals surface area contributed by atoms with Crippen molar-refractivity contribution in [3.05, 3.63) is 81.1 Å². The third-order valence-electron chi connectivity index (χ3n) is 8.17. The average molecular weight is 664 g/mol. The molecule has 13 heteroatoms.